The molecule has 1 aliphatic rings. The molecule has 0 saturated heterocycles. The Kier molecular flexibility index (Phi) is 6.86. The molecule has 182 valence electrons. The third-order valence-corrected chi connectivity index (χ3v) is 6.77. The number of aromatic nitrogens is 2. The maximum Gasteiger partial charge on any atom is 0.277 e. The van der Waals surface area contributed by atoms with Gasteiger partial charge in [-0.2, -0.15) is 5.10 Å². The molecule has 1 amide bonds. The van der Waals surface area contributed by atoms with Gasteiger partial charge in [0.05, 0.1) is 24.6 Å². The van der Waals surface area contributed by atoms with Crippen LogP contribution in [0.15, 0.2) is 87.5 Å². The van der Waals surface area contributed by atoms with Crippen LogP contribution in [0.3, 0.4) is 0 Å². The molecule has 1 atom stereocenters. The minimum absolute atomic E-state index is 0.127. The van der Waals surface area contributed by atoms with Crippen molar-refractivity contribution in [1.82, 2.24) is 15.2 Å². The van der Waals surface area contributed by atoms with E-state index in [-0.39, 0.29) is 17.7 Å². The fourth-order valence-corrected chi connectivity index (χ4v) is 4.92. The highest BCUT2D eigenvalue weighted by atomic mass is 32.2. The van der Waals surface area contributed by atoms with E-state index in [1.807, 2.05) is 80.6 Å². The van der Waals surface area contributed by atoms with Crippen molar-refractivity contribution < 1.29 is 13.9 Å². The summed E-state index contributed by atoms with van der Waals surface area (Å²) >= 11 is 1.22. The number of aryl methyl sites for hydroxylation is 2. The van der Waals surface area contributed by atoms with E-state index in [9.17, 15) is 4.79 Å². The average molecular weight is 499 g/mol. The van der Waals surface area contributed by atoms with Crippen LogP contribution in [-0.4, -0.2) is 39.7 Å². The molecule has 0 spiro atoms. The SMILES string of the molecule is COc1ccc(C2CC(c3ccccc3)=NN2C(=O)CSc2nnc(-c3cc(C)cc(C)c3)o2)cc1. The Hall–Kier alpha value is -3.91. The maximum absolute atomic E-state index is 13.4. The molecule has 3 aromatic carbocycles. The molecule has 0 radical (unpaired) electrons. The van der Waals surface area contributed by atoms with Crippen molar-refractivity contribution in [3.8, 4) is 17.2 Å². The molecule has 7 nitrogen and oxygen atoms in total. The monoisotopic (exact) mass is 498 g/mol. The summed E-state index contributed by atoms with van der Waals surface area (Å²) in [6.07, 6.45) is 0.629. The Morgan fingerprint density at radius 2 is 1.72 bits per heavy atom. The zero-order chi connectivity index (χ0) is 25.1. The average Bonchev–Trinajstić information content (AvgIpc) is 3.55. The van der Waals surface area contributed by atoms with E-state index >= 15 is 0 Å². The highest BCUT2D eigenvalue weighted by molar-refractivity contribution is 7.99. The van der Waals surface area contributed by atoms with Crippen LogP contribution in [0, 0.1) is 13.8 Å². The first-order valence-corrected chi connectivity index (χ1v) is 12.6. The molecule has 36 heavy (non-hydrogen) atoms. The minimum atomic E-state index is -0.201. The predicted molar refractivity (Wildman–Crippen MR) is 140 cm³/mol. The van der Waals surface area contributed by atoms with Gasteiger partial charge in [-0.3, -0.25) is 4.79 Å². The summed E-state index contributed by atoms with van der Waals surface area (Å²) in [5.74, 6) is 1.22. The lowest BCUT2D eigenvalue weighted by molar-refractivity contribution is -0.130. The quantitative estimate of drug-likeness (QED) is 0.298. The highest BCUT2D eigenvalue weighted by Gasteiger charge is 2.33. The molecule has 4 aromatic rings. The number of amides is 1. The third-order valence-electron chi connectivity index (χ3n) is 5.97. The lowest BCUT2D eigenvalue weighted by Crippen LogP contribution is -2.28. The predicted octanol–water partition coefficient (Wildman–Crippen LogP) is 5.83. The smallest absolute Gasteiger partial charge is 0.277 e. The van der Waals surface area contributed by atoms with Crippen molar-refractivity contribution in [3.05, 3.63) is 95.1 Å². The van der Waals surface area contributed by atoms with Crippen LogP contribution in [0.4, 0.5) is 0 Å². The summed E-state index contributed by atoms with van der Waals surface area (Å²) in [5, 5.41) is 15.0. The van der Waals surface area contributed by atoms with E-state index in [2.05, 4.69) is 16.3 Å². The second-order valence-corrected chi connectivity index (χ2v) is 9.61. The number of nitrogens with zero attached hydrogens (tertiary/aromatic N) is 4. The molecule has 0 N–H and O–H groups in total. The van der Waals surface area contributed by atoms with Crippen LogP contribution >= 0.6 is 11.8 Å². The number of benzene rings is 3. The highest BCUT2D eigenvalue weighted by Crippen LogP contribution is 2.34. The number of carbonyl (C=O) groups is 1. The Morgan fingerprint density at radius 1 is 1.00 bits per heavy atom. The zero-order valence-electron chi connectivity index (χ0n) is 20.3. The normalized spacial score (nSPS) is 15.1. The van der Waals surface area contributed by atoms with Gasteiger partial charge in [0.1, 0.15) is 5.75 Å². The van der Waals surface area contributed by atoms with E-state index in [1.165, 1.54) is 11.8 Å². The largest absolute Gasteiger partial charge is 0.497 e. The first kappa shape index (κ1) is 23.8. The van der Waals surface area contributed by atoms with Crippen molar-refractivity contribution in [3.63, 3.8) is 0 Å². The van der Waals surface area contributed by atoms with Crippen molar-refractivity contribution in [1.29, 1.82) is 0 Å². The third kappa shape index (κ3) is 5.18. The molecule has 1 aromatic heterocycles. The lowest BCUT2D eigenvalue weighted by atomic mass is 9.98. The summed E-state index contributed by atoms with van der Waals surface area (Å²) < 4.78 is 11.1. The molecular weight excluding hydrogens is 472 g/mol. The van der Waals surface area contributed by atoms with Crippen LogP contribution in [0.2, 0.25) is 0 Å². The van der Waals surface area contributed by atoms with Crippen molar-refractivity contribution in [2.45, 2.75) is 31.5 Å². The summed E-state index contributed by atoms with van der Waals surface area (Å²) in [6.45, 7) is 4.06. The van der Waals surface area contributed by atoms with E-state index in [4.69, 9.17) is 14.3 Å². The van der Waals surface area contributed by atoms with E-state index in [0.29, 0.717) is 17.5 Å². The molecule has 0 fully saturated rings. The van der Waals surface area contributed by atoms with Gasteiger partial charge < -0.3 is 9.15 Å². The number of methoxy groups -OCH3 is 1. The summed E-state index contributed by atoms with van der Waals surface area (Å²) in [5.41, 5.74) is 6.00. The molecule has 1 aliphatic heterocycles. The van der Waals surface area contributed by atoms with Crippen LogP contribution in [-0.2, 0) is 4.79 Å². The second kappa shape index (κ2) is 10.4. The van der Waals surface area contributed by atoms with Gasteiger partial charge >= 0.3 is 0 Å². The lowest BCUT2D eigenvalue weighted by Gasteiger charge is -2.22. The summed E-state index contributed by atoms with van der Waals surface area (Å²) in [7, 11) is 1.64. The van der Waals surface area contributed by atoms with Gasteiger partial charge in [0.25, 0.3) is 11.1 Å². The molecule has 0 bridgehead atoms. The van der Waals surface area contributed by atoms with Gasteiger partial charge in [0, 0.05) is 12.0 Å². The number of hydrogen-bond donors (Lipinski definition) is 0. The van der Waals surface area contributed by atoms with Gasteiger partial charge in [-0.1, -0.05) is 71.4 Å². The van der Waals surface area contributed by atoms with Crippen LogP contribution < -0.4 is 4.74 Å². The molecular formula is C28H26N4O3S. The van der Waals surface area contributed by atoms with Crippen molar-refractivity contribution in [2.75, 3.05) is 12.9 Å². The van der Waals surface area contributed by atoms with Gasteiger partial charge in [0.15, 0.2) is 0 Å². The summed E-state index contributed by atoms with van der Waals surface area (Å²) in [6, 6.07) is 23.6. The van der Waals surface area contributed by atoms with Gasteiger partial charge in [-0.25, -0.2) is 5.01 Å². The number of hydrazone groups is 1. The van der Waals surface area contributed by atoms with E-state index in [0.717, 1.165) is 39.3 Å². The fraction of sp³-hybridized carbons (Fsp3) is 0.214. The van der Waals surface area contributed by atoms with Gasteiger partial charge in [0.2, 0.25) is 5.89 Å². The van der Waals surface area contributed by atoms with Gasteiger partial charge in [-0.15, -0.1) is 10.2 Å². The molecule has 2 heterocycles. The number of thioether (sulfide) groups is 1. The van der Waals surface area contributed by atoms with Crippen molar-refractivity contribution >= 4 is 23.4 Å². The zero-order valence-corrected chi connectivity index (χ0v) is 21.2. The Morgan fingerprint density at radius 3 is 2.42 bits per heavy atom. The number of carbonyl (C=O) groups excluding carboxylic acids is 1. The standard InChI is InChI=1S/C28H26N4O3S/c1-18-13-19(2)15-22(14-18)27-29-30-28(35-27)36-17-26(33)32-25(21-9-11-23(34-3)12-10-21)16-24(31-32)20-7-5-4-6-8-20/h4-15,25H,16-17H2,1-3H3. The van der Waals surface area contributed by atoms with Crippen LogP contribution in [0.5, 0.6) is 5.75 Å². The topological polar surface area (TPSA) is 80.8 Å². The molecule has 0 aliphatic carbocycles. The summed E-state index contributed by atoms with van der Waals surface area (Å²) in [4.78, 5) is 13.4. The van der Waals surface area contributed by atoms with Crippen LogP contribution in [0.25, 0.3) is 11.5 Å². The van der Waals surface area contributed by atoms with Crippen LogP contribution in [0.1, 0.15) is 34.7 Å². The number of rotatable bonds is 7. The van der Waals surface area contributed by atoms with E-state index in [1.54, 1.807) is 12.1 Å². The first-order chi connectivity index (χ1) is 17.5. The number of ether oxygens (including phenoxy) is 1. The molecule has 0 saturated carbocycles. The Bertz CT molecular complexity index is 1380. The van der Waals surface area contributed by atoms with Crippen molar-refractivity contribution in [2.24, 2.45) is 5.10 Å². The Balaban J connectivity index is 1.34. The second-order valence-electron chi connectivity index (χ2n) is 8.68. The molecule has 1 unspecified atom stereocenters. The first-order valence-electron chi connectivity index (χ1n) is 11.6. The number of hydrogen-bond acceptors (Lipinski definition) is 7. The molecule has 5 rings (SSSR count). The minimum Gasteiger partial charge on any atom is -0.497 e. The fourth-order valence-electron chi connectivity index (χ4n) is 4.30. The van der Waals surface area contributed by atoms with Gasteiger partial charge in [-0.05, 0) is 49.2 Å². The maximum atomic E-state index is 13.4. The van der Waals surface area contributed by atoms with E-state index < -0.39 is 0 Å². The Labute approximate surface area is 214 Å². The molecule has 8 heteroatoms.